The minimum Gasteiger partial charge on any atom is -0.392 e. The normalized spacial score (nSPS) is 13.8. The Kier molecular flexibility index (Phi) is 15.6. The lowest BCUT2D eigenvalue weighted by atomic mass is 10.0. The van der Waals surface area contributed by atoms with E-state index in [-0.39, 0.29) is 10.4 Å². The lowest BCUT2D eigenvalue weighted by Gasteiger charge is -2.25. The second kappa shape index (κ2) is 15.7. The molecule has 5 nitrogen and oxygen atoms in total. The topological polar surface area (TPSA) is 63.6 Å². The molecule has 6 heteroatoms. The predicted octanol–water partition coefficient (Wildman–Crippen LogP) is 5.19. The van der Waals surface area contributed by atoms with Gasteiger partial charge in [0.25, 0.3) is 0 Å². The summed E-state index contributed by atoms with van der Waals surface area (Å²) in [7, 11) is -0.182. The first-order chi connectivity index (χ1) is 12.7. The zero-order valence-electron chi connectivity index (χ0n) is 18.4. The monoisotopic (exact) mass is 408 g/mol. The molecule has 0 fully saturated rings. The van der Waals surface area contributed by atoms with Gasteiger partial charge in [-0.05, 0) is 19.8 Å². The first kappa shape index (κ1) is 26.8. The zero-order valence-corrected chi connectivity index (χ0v) is 19.2. The van der Waals surface area contributed by atoms with E-state index in [1.807, 2.05) is 0 Å². The van der Waals surface area contributed by atoms with E-state index in [0.29, 0.717) is 6.54 Å². The molecule has 0 rings (SSSR count). The molecule has 1 atom stereocenters. The average molecular weight is 409 g/mol. The lowest BCUT2D eigenvalue weighted by Crippen LogP contribution is -2.43. The number of nitrogens with zero attached hydrogens (tertiary/aromatic N) is 1. The van der Waals surface area contributed by atoms with Crippen LogP contribution in [0.5, 0.6) is 0 Å². The first-order valence-electron chi connectivity index (χ1n) is 11.1. The van der Waals surface area contributed by atoms with Crippen LogP contribution in [0.4, 0.5) is 0 Å². The van der Waals surface area contributed by atoms with Gasteiger partial charge in [-0.2, -0.15) is 13.1 Å². The number of unbranched alkanes of at least 4 members (excludes halogenated alkanes) is 13. The van der Waals surface area contributed by atoms with E-state index in [9.17, 15) is 13.5 Å². The second-order valence-corrected chi connectivity index (χ2v) is 10.1. The summed E-state index contributed by atoms with van der Waals surface area (Å²) in [6.07, 6.45) is 17.4. The zero-order chi connectivity index (χ0) is 20.6. The molecule has 0 saturated heterocycles. The van der Waals surface area contributed by atoms with E-state index in [4.69, 9.17) is 4.28 Å². The van der Waals surface area contributed by atoms with Crippen molar-refractivity contribution in [3.8, 4) is 0 Å². The van der Waals surface area contributed by atoms with Gasteiger partial charge in [-0.15, -0.1) is 0 Å². The molecule has 0 bridgehead atoms. The van der Waals surface area contributed by atoms with Crippen LogP contribution in [0.1, 0.15) is 104 Å². The summed E-state index contributed by atoms with van der Waals surface area (Å²) in [4.78, 5) is 0. The van der Waals surface area contributed by atoms with E-state index < -0.39 is 16.2 Å². The van der Waals surface area contributed by atoms with Crippen molar-refractivity contribution in [3.63, 3.8) is 0 Å². The molecule has 0 aliphatic heterocycles. The van der Waals surface area contributed by atoms with Crippen molar-refractivity contribution >= 4 is 10.1 Å². The summed E-state index contributed by atoms with van der Waals surface area (Å²) < 4.78 is 28.8. The van der Waals surface area contributed by atoms with Gasteiger partial charge < -0.3 is 5.11 Å². The molecule has 0 spiro atoms. The van der Waals surface area contributed by atoms with Crippen LogP contribution in [0, 0.1) is 0 Å². The van der Waals surface area contributed by atoms with Crippen LogP contribution in [0.2, 0.25) is 0 Å². The van der Waals surface area contributed by atoms with E-state index in [0.717, 1.165) is 12.8 Å². The fourth-order valence-electron chi connectivity index (χ4n) is 3.36. The maximum absolute atomic E-state index is 11.8. The highest BCUT2D eigenvalue weighted by Crippen LogP contribution is 2.14. The molecule has 0 aromatic carbocycles. The number of hydroxylamine groups is 3. The van der Waals surface area contributed by atoms with Crippen molar-refractivity contribution in [3.05, 3.63) is 0 Å². The Bertz CT molecular complexity index is 435. The molecule has 0 aromatic rings. The highest BCUT2D eigenvalue weighted by molar-refractivity contribution is 7.86. The Labute approximate surface area is 169 Å². The molecular formula is C21H46NO4S+. The van der Waals surface area contributed by atoms with Crippen LogP contribution in [0.25, 0.3) is 0 Å². The van der Waals surface area contributed by atoms with Gasteiger partial charge in [0.1, 0.15) is 12.3 Å². The molecule has 0 saturated carbocycles. The first-order valence-corrected chi connectivity index (χ1v) is 12.7. The number of aliphatic hydroxyl groups excluding tert-OH is 1. The van der Waals surface area contributed by atoms with Gasteiger partial charge in [-0.25, -0.2) is 0 Å². The molecule has 27 heavy (non-hydrogen) atoms. The lowest BCUT2D eigenvalue weighted by molar-refractivity contribution is -1.05. The van der Waals surface area contributed by atoms with E-state index >= 15 is 0 Å². The Hall–Kier alpha value is -0.170. The van der Waals surface area contributed by atoms with Gasteiger partial charge >= 0.3 is 10.1 Å². The molecule has 1 unspecified atom stereocenters. The molecule has 0 aliphatic carbocycles. The Balaban J connectivity index is 3.52. The SMILES string of the molecule is CCCCCCCCCCCCCCCC[N+](C)(C)OS(=O)(=O)CC(C)O. The van der Waals surface area contributed by atoms with E-state index in [1.165, 1.54) is 84.0 Å². The summed E-state index contributed by atoms with van der Waals surface area (Å²) in [6.45, 7) is 4.38. The number of hydrogen-bond acceptors (Lipinski definition) is 4. The quantitative estimate of drug-likeness (QED) is 0.182. The molecular weight excluding hydrogens is 362 g/mol. The maximum Gasteiger partial charge on any atom is 0.316 e. The Morgan fingerprint density at radius 1 is 0.778 bits per heavy atom. The highest BCUT2D eigenvalue weighted by Gasteiger charge is 2.27. The summed E-state index contributed by atoms with van der Waals surface area (Å²) in [5.74, 6) is -0.354. The van der Waals surface area contributed by atoms with Crippen LogP contribution in [-0.4, -0.2) is 50.7 Å². The highest BCUT2D eigenvalue weighted by atomic mass is 32.2. The van der Waals surface area contributed by atoms with Crippen LogP contribution in [-0.2, 0) is 14.4 Å². The van der Waals surface area contributed by atoms with Crippen molar-refractivity contribution in [1.82, 2.24) is 0 Å². The van der Waals surface area contributed by atoms with E-state index in [1.54, 1.807) is 14.1 Å². The molecule has 0 aliphatic rings. The predicted molar refractivity (Wildman–Crippen MR) is 114 cm³/mol. The third-order valence-corrected chi connectivity index (χ3v) is 6.33. The molecule has 0 radical (unpaired) electrons. The Morgan fingerprint density at radius 3 is 1.52 bits per heavy atom. The largest absolute Gasteiger partial charge is 0.392 e. The van der Waals surface area contributed by atoms with Crippen LogP contribution < -0.4 is 0 Å². The minimum absolute atomic E-state index is 0.00664. The summed E-state index contributed by atoms with van der Waals surface area (Å²) in [5, 5.41) is 9.23. The van der Waals surface area contributed by atoms with Crippen molar-refractivity contribution in [2.45, 2.75) is 110 Å². The fourth-order valence-corrected chi connectivity index (χ4v) is 4.70. The maximum atomic E-state index is 11.8. The third kappa shape index (κ3) is 18.9. The van der Waals surface area contributed by atoms with Gasteiger partial charge in [-0.3, -0.25) is 0 Å². The fraction of sp³-hybridized carbons (Fsp3) is 1.00. The summed E-state index contributed by atoms with van der Waals surface area (Å²) >= 11 is 0. The second-order valence-electron chi connectivity index (χ2n) is 8.54. The molecule has 0 heterocycles. The third-order valence-electron chi connectivity index (χ3n) is 4.81. The summed E-state index contributed by atoms with van der Waals surface area (Å²) in [5.41, 5.74) is 0. The molecule has 1 N–H and O–H groups in total. The number of hydrogen-bond donors (Lipinski definition) is 1. The van der Waals surface area contributed by atoms with Crippen LogP contribution >= 0.6 is 0 Å². The number of rotatable bonds is 19. The standard InChI is InChI=1S/C21H46NO4S/c1-5-6-7-8-9-10-11-12-13-14-15-16-17-18-19-22(3,4)26-27(24,25)20-21(2)23/h21,23H,5-20H2,1-4H3/q+1. The number of quaternary nitrogens is 1. The Morgan fingerprint density at radius 2 is 1.15 bits per heavy atom. The number of aliphatic hydroxyl groups is 1. The average Bonchev–Trinajstić information content (AvgIpc) is 2.52. The molecule has 0 amide bonds. The van der Waals surface area contributed by atoms with Crippen molar-refractivity contribution in [2.75, 3.05) is 26.4 Å². The minimum atomic E-state index is -3.69. The molecule has 164 valence electrons. The summed E-state index contributed by atoms with van der Waals surface area (Å²) in [6, 6.07) is 0. The van der Waals surface area contributed by atoms with Crippen molar-refractivity contribution in [2.24, 2.45) is 0 Å². The van der Waals surface area contributed by atoms with Crippen molar-refractivity contribution < 1.29 is 22.5 Å². The van der Waals surface area contributed by atoms with E-state index in [2.05, 4.69) is 6.92 Å². The van der Waals surface area contributed by atoms with Gasteiger partial charge in [-0.1, -0.05) is 88.3 Å². The smallest absolute Gasteiger partial charge is 0.316 e. The molecule has 0 aromatic heterocycles. The van der Waals surface area contributed by atoms with Crippen LogP contribution in [0.15, 0.2) is 0 Å². The van der Waals surface area contributed by atoms with Crippen molar-refractivity contribution in [1.29, 1.82) is 0 Å². The van der Waals surface area contributed by atoms with Gasteiger partial charge in [0, 0.05) is 0 Å². The van der Waals surface area contributed by atoms with Gasteiger partial charge in [0.15, 0.2) is 0 Å². The van der Waals surface area contributed by atoms with Gasteiger partial charge in [0.2, 0.25) is 0 Å². The van der Waals surface area contributed by atoms with Crippen LogP contribution in [0.3, 0.4) is 0 Å². The van der Waals surface area contributed by atoms with Gasteiger partial charge in [0.05, 0.1) is 20.2 Å².